The van der Waals surface area contributed by atoms with Gasteiger partial charge in [-0.15, -0.1) is 0 Å². The minimum absolute atomic E-state index is 0.533. The maximum absolute atomic E-state index is 6.05. The molecule has 6 nitrogen and oxygen atoms in total. The lowest BCUT2D eigenvalue weighted by molar-refractivity contribution is 0.0776. The van der Waals surface area contributed by atoms with E-state index in [2.05, 4.69) is 47.4 Å². The summed E-state index contributed by atoms with van der Waals surface area (Å²) in [6.45, 7) is 17.1. The van der Waals surface area contributed by atoms with E-state index in [1.165, 1.54) is 12.8 Å². The van der Waals surface area contributed by atoms with Crippen molar-refractivity contribution in [3.05, 3.63) is 12.1 Å². The number of aromatic nitrogens is 1. The van der Waals surface area contributed by atoms with Crippen LogP contribution in [0.3, 0.4) is 0 Å². The molecule has 27 heavy (non-hydrogen) atoms. The van der Waals surface area contributed by atoms with Crippen molar-refractivity contribution < 1.29 is 4.74 Å². The number of hydrogen-bond donors (Lipinski definition) is 1. The Morgan fingerprint density at radius 1 is 1.19 bits per heavy atom. The zero-order valence-corrected chi connectivity index (χ0v) is 17.8. The minimum Gasteiger partial charge on any atom is -0.476 e. The molecule has 0 saturated carbocycles. The summed E-state index contributed by atoms with van der Waals surface area (Å²) in [5.41, 5.74) is 7.17. The van der Waals surface area contributed by atoms with Gasteiger partial charge in [0.05, 0.1) is 0 Å². The number of likely N-dealkylation sites (N-methyl/N-ethyl adjacent to an activating group) is 1. The largest absolute Gasteiger partial charge is 0.476 e. The normalized spacial score (nSPS) is 18.6. The van der Waals surface area contributed by atoms with E-state index in [0.717, 1.165) is 57.9 Å². The fraction of sp³-hybridized carbons (Fsp3) is 0.762. The first-order chi connectivity index (χ1) is 13.1. The zero-order valence-electron chi connectivity index (χ0n) is 17.8. The van der Waals surface area contributed by atoms with Gasteiger partial charge in [0.25, 0.3) is 0 Å². The highest BCUT2D eigenvalue weighted by molar-refractivity contribution is 5.55. The van der Waals surface area contributed by atoms with E-state index in [-0.39, 0.29) is 0 Å². The van der Waals surface area contributed by atoms with Gasteiger partial charge in [-0.1, -0.05) is 27.2 Å². The number of nitrogen functional groups attached to an aromatic ring is 1. The van der Waals surface area contributed by atoms with Gasteiger partial charge in [0.1, 0.15) is 12.4 Å². The third-order valence-corrected chi connectivity index (χ3v) is 5.36. The number of piperazine rings is 1. The van der Waals surface area contributed by atoms with Crippen LogP contribution in [0.2, 0.25) is 0 Å². The maximum atomic E-state index is 6.05. The standard InChI is InChI=1S/C21H39N5O/c1-5-8-10-26(9-6-2)19-15-20(22)23-21(16-19)27-14-13-24-11-12-25(7-3)18(4)17-24/h15-16,18H,5-14,17H2,1-4H3,(H2,22,23)/t18-/m0/s1. The molecule has 1 atom stereocenters. The van der Waals surface area contributed by atoms with Gasteiger partial charge >= 0.3 is 0 Å². The van der Waals surface area contributed by atoms with Crippen molar-refractivity contribution >= 4 is 11.5 Å². The van der Waals surface area contributed by atoms with Gasteiger partial charge in [-0.25, -0.2) is 0 Å². The van der Waals surface area contributed by atoms with Crippen molar-refractivity contribution in [2.45, 2.75) is 53.0 Å². The summed E-state index contributed by atoms with van der Waals surface area (Å²) in [5.74, 6) is 1.17. The first-order valence-corrected chi connectivity index (χ1v) is 10.7. The third kappa shape index (κ3) is 6.85. The fourth-order valence-electron chi connectivity index (χ4n) is 3.78. The van der Waals surface area contributed by atoms with E-state index < -0.39 is 0 Å². The Hall–Kier alpha value is -1.53. The van der Waals surface area contributed by atoms with E-state index in [4.69, 9.17) is 10.5 Å². The molecular weight excluding hydrogens is 338 g/mol. The highest BCUT2D eigenvalue weighted by Crippen LogP contribution is 2.23. The van der Waals surface area contributed by atoms with Gasteiger partial charge in [-0.05, 0) is 26.3 Å². The minimum atomic E-state index is 0.533. The molecule has 2 heterocycles. The molecule has 154 valence electrons. The number of nitrogens with two attached hydrogens (primary N) is 1. The number of hydrogen-bond acceptors (Lipinski definition) is 6. The summed E-state index contributed by atoms with van der Waals surface area (Å²) in [6, 6.07) is 4.62. The first kappa shape index (κ1) is 21.8. The molecule has 6 heteroatoms. The van der Waals surface area contributed by atoms with E-state index in [0.29, 0.717) is 24.3 Å². The summed E-state index contributed by atoms with van der Waals surface area (Å²) in [4.78, 5) is 11.8. The molecular formula is C21H39N5O. The predicted molar refractivity (Wildman–Crippen MR) is 115 cm³/mol. The van der Waals surface area contributed by atoms with Gasteiger partial charge in [-0.2, -0.15) is 4.98 Å². The molecule has 1 aromatic rings. The Labute approximate surface area is 165 Å². The third-order valence-electron chi connectivity index (χ3n) is 5.36. The van der Waals surface area contributed by atoms with Crippen LogP contribution in [0.1, 0.15) is 47.0 Å². The van der Waals surface area contributed by atoms with Crippen LogP contribution in [-0.4, -0.2) is 73.2 Å². The summed E-state index contributed by atoms with van der Waals surface area (Å²) in [6.07, 6.45) is 3.48. The highest BCUT2D eigenvalue weighted by atomic mass is 16.5. The van der Waals surface area contributed by atoms with E-state index >= 15 is 0 Å². The number of pyridine rings is 1. The lowest BCUT2D eigenvalue weighted by atomic mass is 10.2. The van der Waals surface area contributed by atoms with Crippen LogP contribution < -0.4 is 15.4 Å². The van der Waals surface area contributed by atoms with E-state index in [1.54, 1.807) is 0 Å². The van der Waals surface area contributed by atoms with Crippen molar-refractivity contribution in [3.63, 3.8) is 0 Å². The number of ether oxygens (including phenoxy) is 1. The molecule has 0 amide bonds. The molecule has 1 aromatic heterocycles. The second-order valence-corrected chi connectivity index (χ2v) is 7.56. The van der Waals surface area contributed by atoms with Crippen molar-refractivity contribution in [1.82, 2.24) is 14.8 Å². The smallest absolute Gasteiger partial charge is 0.217 e. The molecule has 1 aliphatic rings. The van der Waals surface area contributed by atoms with Crippen molar-refractivity contribution in [3.8, 4) is 5.88 Å². The number of unbranched alkanes of at least 4 members (excludes halogenated alkanes) is 1. The first-order valence-electron chi connectivity index (χ1n) is 10.7. The van der Waals surface area contributed by atoms with Crippen LogP contribution in [0.15, 0.2) is 12.1 Å². The number of nitrogens with zero attached hydrogens (tertiary/aromatic N) is 4. The summed E-state index contributed by atoms with van der Waals surface area (Å²) in [5, 5.41) is 0. The monoisotopic (exact) mass is 377 g/mol. The highest BCUT2D eigenvalue weighted by Gasteiger charge is 2.22. The Bertz CT molecular complexity index is 553. The molecule has 1 saturated heterocycles. The Morgan fingerprint density at radius 3 is 2.67 bits per heavy atom. The van der Waals surface area contributed by atoms with Gasteiger partial charge in [0, 0.05) is 63.1 Å². The summed E-state index contributed by atoms with van der Waals surface area (Å²) < 4.78 is 5.98. The Kier molecular flexibility index (Phi) is 9.15. The van der Waals surface area contributed by atoms with E-state index in [1.807, 2.05) is 12.1 Å². The van der Waals surface area contributed by atoms with Crippen molar-refractivity contribution in [1.29, 1.82) is 0 Å². The van der Waals surface area contributed by atoms with Gasteiger partial charge in [0.2, 0.25) is 5.88 Å². The Morgan fingerprint density at radius 2 is 2.00 bits per heavy atom. The quantitative estimate of drug-likeness (QED) is 0.639. The van der Waals surface area contributed by atoms with Crippen molar-refractivity contribution in [2.75, 3.05) is 63.1 Å². The van der Waals surface area contributed by atoms with Gasteiger partial charge in [-0.3, -0.25) is 9.80 Å². The number of anilines is 2. The molecule has 0 radical (unpaired) electrons. The van der Waals surface area contributed by atoms with Crippen LogP contribution in [0, 0.1) is 0 Å². The molecule has 2 N–H and O–H groups in total. The fourth-order valence-corrected chi connectivity index (χ4v) is 3.78. The SMILES string of the molecule is CCCCN(CCC)c1cc(N)nc(OCCN2CCN(CC)[C@@H](C)C2)c1. The maximum Gasteiger partial charge on any atom is 0.217 e. The lowest BCUT2D eigenvalue weighted by Crippen LogP contribution is -2.52. The topological polar surface area (TPSA) is 57.9 Å². The second-order valence-electron chi connectivity index (χ2n) is 7.56. The Balaban J connectivity index is 1.90. The predicted octanol–water partition coefficient (Wildman–Crippen LogP) is 3.09. The number of rotatable bonds is 11. The van der Waals surface area contributed by atoms with Gasteiger partial charge in [0.15, 0.2) is 0 Å². The molecule has 1 aliphatic heterocycles. The van der Waals surface area contributed by atoms with Crippen LogP contribution in [-0.2, 0) is 0 Å². The van der Waals surface area contributed by atoms with Crippen LogP contribution >= 0.6 is 0 Å². The van der Waals surface area contributed by atoms with Crippen LogP contribution in [0.4, 0.5) is 11.5 Å². The molecule has 2 rings (SSSR count). The second kappa shape index (κ2) is 11.3. The van der Waals surface area contributed by atoms with E-state index in [9.17, 15) is 0 Å². The van der Waals surface area contributed by atoms with Crippen LogP contribution in [0.5, 0.6) is 5.88 Å². The molecule has 1 fully saturated rings. The zero-order chi connectivity index (χ0) is 19.6. The molecule has 0 aromatic carbocycles. The average Bonchev–Trinajstić information content (AvgIpc) is 2.65. The summed E-state index contributed by atoms with van der Waals surface area (Å²) >= 11 is 0. The summed E-state index contributed by atoms with van der Waals surface area (Å²) in [7, 11) is 0. The lowest BCUT2D eigenvalue weighted by Gasteiger charge is -2.39. The van der Waals surface area contributed by atoms with Crippen LogP contribution in [0.25, 0.3) is 0 Å². The molecule has 0 unspecified atom stereocenters. The van der Waals surface area contributed by atoms with Gasteiger partial charge < -0.3 is 15.4 Å². The molecule has 0 spiro atoms. The average molecular weight is 378 g/mol. The van der Waals surface area contributed by atoms with Crippen molar-refractivity contribution in [2.24, 2.45) is 0 Å². The molecule has 0 bridgehead atoms. The molecule has 0 aliphatic carbocycles.